The lowest BCUT2D eigenvalue weighted by atomic mass is 10.1. The third-order valence-corrected chi connectivity index (χ3v) is 4.07. The van der Waals surface area contributed by atoms with E-state index in [4.69, 9.17) is 0 Å². The highest BCUT2D eigenvalue weighted by Gasteiger charge is 2.12. The molecule has 1 aliphatic heterocycles. The molecule has 0 N–H and O–H groups in total. The Hall–Kier alpha value is -1.52. The Bertz CT molecular complexity index is 561. The third-order valence-electron chi connectivity index (χ3n) is 4.07. The van der Waals surface area contributed by atoms with Crippen LogP contribution in [-0.2, 0) is 6.42 Å². The van der Waals surface area contributed by atoms with Crippen LogP contribution in [0, 0.1) is 0 Å². The summed E-state index contributed by atoms with van der Waals surface area (Å²) >= 11 is 0. The zero-order chi connectivity index (χ0) is 13.8. The molecule has 3 rings (SSSR count). The Balaban J connectivity index is 1.52. The number of nitrogens with zero attached hydrogens (tertiary/aromatic N) is 4. The predicted molar refractivity (Wildman–Crippen MR) is 81.8 cm³/mol. The topological polar surface area (TPSA) is 32.3 Å². The molecular weight excluding hydrogens is 248 g/mol. The van der Waals surface area contributed by atoms with Gasteiger partial charge in [0.05, 0.1) is 11.0 Å². The quantitative estimate of drug-likeness (QED) is 0.848. The van der Waals surface area contributed by atoms with Crippen LogP contribution in [0.15, 0.2) is 30.6 Å². The summed E-state index contributed by atoms with van der Waals surface area (Å²) in [6, 6.07) is 6.43. The first-order valence-electron chi connectivity index (χ1n) is 7.42. The molecule has 1 aromatic heterocycles. The SMILES string of the molecule is CN1CCN(CCCc2ccc3nccnc3c2)CC1. The van der Waals surface area contributed by atoms with Gasteiger partial charge in [0.1, 0.15) is 0 Å². The van der Waals surface area contributed by atoms with Gasteiger partial charge < -0.3 is 9.80 Å². The number of aryl methyl sites for hydroxylation is 1. The normalized spacial score (nSPS) is 17.6. The smallest absolute Gasteiger partial charge is 0.0889 e. The maximum Gasteiger partial charge on any atom is 0.0889 e. The number of piperazine rings is 1. The summed E-state index contributed by atoms with van der Waals surface area (Å²) in [5, 5.41) is 0. The van der Waals surface area contributed by atoms with Crippen LogP contribution >= 0.6 is 0 Å². The van der Waals surface area contributed by atoms with Crippen molar-refractivity contribution in [3.05, 3.63) is 36.2 Å². The van der Waals surface area contributed by atoms with Gasteiger partial charge in [-0.3, -0.25) is 9.97 Å². The number of aromatic nitrogens is 2. The highest BCUT2D eigenvalue weighted by atomic mass is 15.2. The van der Waals surface area contributed by atoms with Crippen molar-refractivity contribution in [3.63, 3.8) is 0 Å². The number of fused-ring (bicyclic) bond motifs is 1. The van der Waals surface area contributed by atoms with Gasteiger partial charge in [-0.25, -0.2) is 0 Å². The molecule has 2 aromatic rings. The van der Waals surface area contributed by atoms with Crippen LogP contribution in [0.2, 0.25) is 0 Å². The Kier molecular flexibility index (Phi) is 4.23. The maximum atomic E-state index is 4.37. The van der Waals surface area contributed by atoms with Gasteiger partial charge in [-0.15, -0.1) is 0 Å². The summed E-state index contributed by atoms with van der Waals surface area (Å²) in [7, 11) is 2.20. The van der Waals surface area contributed by atoms with Crippen LogP contribution in [0.4, 0.5) is 0 Å². The Labute approximate surface area is 120 Å². The first kappa shape index (κ1) is 13.5. The molecule has 4 heteroatoms. The molecule has 20 heavy (non-hydrogen) atoms. The average Bonchev–Trinajstić information content (AvgIpc) is 2.49. The zero-order valence-corrected chi connectivity index (χ0v) is 12.1. The van der Waals surface area contributed by atoms with E-state index < -0.39 is 0 Å². The van der Waals surface area contributed by atoms with E-state index >= 15 is 0 Å². The molecule has 1 saturated heterocycles. The van der Waals surface area contributed by atoms with Gasteiger partial charge in [-0.05, 0) is 44.1 Å². The fraction of sp³-hybridized carbons (Fsp3) is 0.500. The highest BCUT2D eigenvalue weighted by molar-refractivity contribution is 5.74. The number of hydrogen-bond acceptors (Lipinski definition) is 4. The van der Waals surface area contributed by atoms with Crippen molar-refractivity contribution in [2.45, 2.75) is 12.8 Å². The standard InChI is InChI=1S/C16H22N4/c1-19-9-11-20(12-10-19)8-2-3-14-4-5-15-16(13-14)18-7-6-17-15/h4-7,13H,2-3,8-12H2,1H3. The van der Waals surface area contributed by atoms with E-state index in [-0.39, 0.29) is 0 Å². The summed E-state index contributed by atoms with van der Waals surface area (Å²) < 4.78 is 0. The van der Waals surface area contributed by atoms with Crippen LogP contribution < -0.4 is 0 Å². The van der Waals surface area contributed by atoms with Crippen LogP contribution in [0.1, 0.15) is 12.0 Å². The molecule has 106 valence electrons. The number of hydrogen-bond donors (Lipinski definition) is 0. The van der Waals surface area contributed by atoms with Gasteiger partial charge >= 0.3 is 0 Å². The summed E-state index contributed by atoms with van der Waals surface area (Å²) in [5.41, 5.74) is 3.35. The van der Waals surface area contributed by atoms with Crippen molar-refractivity contribution in [1.82, 2.24) is 19.8 Å². The minimum atomic E-state index is 0.982. The molecule has 0 bridgehead atoms. The molecule has 2 heterocycles. The van der Waals surface area contributed by atoms with Gasteiger partial charge in [-0.1, -0.05) is 6.07 Å². The van der Waals surface area contributed by atoms with Gasteiger partial charge in [0, 0.05) is 38.6 Å². The van der Waals surface area contributed by atoms with E-state index in [2.05, 4.69) is 45.0 Å². The van der Waals surface area contributed by atoms with Crippen LogP contribution in [0.25, 0.3) is 11.0 Å². The van der Waals surface area contributed by atoms with E-state index in [1.807, 2.05) is 0 Å². The molecule has 0 amide bonds. The molecule has 0 aliphatic carbocycles. The van der Waals surface area contributed by atoms with Crippen molar-refractivity contribution in [3.8, 4) is 0 Å². The molecular formula is C16H22N4. The number of likely N-dealkylation sites (N-methyl/N-ethyl adjacent to an activating group) is 1. The molecule has 4 nitrogen and oxygen atoms in total. The van der Waals surface area contributed by atoms with E-state index in [0.717, 1.165) is 17.5 Å². The maximum absolute atomic E-state index is 4.37. The Morgan fingerprint density at radius 2 is 1.75 bits per heavy atom. The Morgan fingerprint density at radius 3 is 2.55 bits per heavy atom. The van der Waals surface area contributed by atoms with Crippen molar-refractivity contribution in [2.75, 3.05) is 39.8 Å². The zero-order valence-electron chi connectivity index (χ0n) is 12.1. The molecule has 1 aromatic carbocycles. The first-order valence-corrected chi connectivity index (χ1v) is 7.42. The fourth-order valence-electron chi connectivity index (χ4n) is 2.74. The second-order valence-corrected chi connectivity index (χ2v) is 5.63. The molecule has 0 saturated carbocycles. The van der Waals surface area contributed by atoms with Crippen LogP contribution in [0.3, 0.4) is 0 Å². The van der Waals surface area contributed by atoms with E-state index in [9.17, 15) is 0 Å². The van der Waals surface area contributed by atoms with Crippen molar-refractivity contribution < 1.29 is 0 Å². The summed E-state index contributed by atoms with van der Waals surface area (Å²) in [6.45, 7) is 6.02. The van der Waals surface area contributed by atoms with Crippen LogP contribution in [0.5, 0.6) is 0 Å². The lowest BCUT2D eigenvalue weighted by Crippen LogP contribution is -2.44. The second-order valence-electron chi connectivity index (χ2n) is 5.63. The van der Waals surface area contributed by atoms with E-state index in [1.165, 1.54) is 44.7 Å². The van der Waals surface area contributed by atoms with E-state index in [1.54, 1.807) is 12.4 Å². The average molecular weight is 270 g/mol. The largest absolute Gasteiger partial charge is 0.304 e. The predicted octanol–water partition coefficient (Wildman–Crippen LogP) is 1.81. The molecule has 1 aliphatic rings. The first-order chi connectivity index (χ1) is 9.81. The van der Waals surface area contributed by atoms with E-state index in [0.29, 0.717) is 0 Å². The molecule has 0 spiro atoms. The monoisotopic (exact) mass is 270 g/mol. The highest BCUT2D eigenvalue weighted by Crippen LogP contribution is 2.13. The van der Waals surface area contributed by atoms with Gasteiger partial charge in [-0.2, -0.15) is 0 Å². The Morgan fingerprint density at radius 1 is 1.00 bits per heavy atom. The molecule has 0 radical (unpaired) electrons. The van der Waals surface area contributed by atoms with Crippen molar-refractivity contribution in [2.24, 2.45) is 0 Å². The number of rotatable bonds is 4. The van der Waals surface area contributed by atoms with Crippen LogP contribution in [-0.4, -0.2) is 59.5 Å². The van der Waals surface area contributed by atoms with Crippen molar-refractivity contribution in [1.29, 1.82) is 0 Å². The van der Waals surface area contributed by atoms with Gasteiger partial charge in [0.25, 0.3) is 0 Å². The fourth-order valence-corrected chi connectivity index (χ4v) is 2.74. The second kappa shape index (κ2) is 6.29. The minimum Gasteiger partial charge on any atom is -0.304 e. The summed E-state index contributed by atoms with van der Waals surface area (Å²) in [6.07, 6.45) is 5.85. The lowest BCUT2D eigenvalue weighted by molar-refractivity contribution is 0.153. The number of benzene rings is 1. The summed E-state index contributed by atoms with van der Waals surface area (Å²) in [5.74, 6) is 0. The summed E-state index contributed by atoms with van der Waals surface area (Å²) in [4.78, 5) is 13.6. The van der Waals surface area contributed by atoms with Crippen molar-refractivity contribution >= 4 is 11.0 Å². The lowest BCUT2D eigenvalue weighted by Gasteiger charge is -2.32. The molecule has 1 fully saturated rings. The molecule has 0 atom stereocenters. The third kappa shape index (κ3) is 3.32. The van der Waals surface area contributed by atoms with Gasteiger partial charge in [0.15, 0.2) is 0 Å². The van der Waals surface area contributed by atoms with Gasteiger partial charge in [0.2, 0.25) is 0 Å². The minimum absolute atomic E-state index is 0.982. The molecule has 0 unspecified atom stereocenters.